The Hall–Kier alpha value is -3.10. The minimum atomic E-state index is -0.0636. The Kier molecular flexibility index (Phi) is 7.24. The zero-order valence-electron chi connectivity index (χ0n) is 18.4. The van der Waals surface area contributed by atoms with E-state index in [9.17, 15) is 4.79 Å². The monoisotopic (exact) mass is 452 g/mol. The molecule has 1 aliphatic heterocycles. The minimum absolute atomic E-state index is 0.0636. The van der Waals surface area contributed by atoms with Crippen molar-refractivity contribution in [1.82, 2.24) is 15.2 Å². The summed E-state index contributed by atoms with van der Waals surface area (Å²) in [5, 5.41) is 3.97. The Balaban J connectivity index is 1.25. The lowest BCUT2D eigenvalue weighted by atomic mass is 10.2. The summed E-state index contributed by atoms with van der Waals surface area (Å²) in [5.74, 6) is 1.32. The van der Waals surface area contributed by atoms with Crippen molar-refractivity contribution in [2.45, 2.75) is 0 Å². The average Bonchev–Trinajstić information content (AvgIpc) is 3.27. The second kappa shape index (κ2) is 10.5. The van der Waals surface area contributed by atoms with Crippen LogP contribution in [-0.2, 0) is 4.79 Å². The molecule has 0 spiro atoms. The zero-order chi connectivity index (χ0) is 22.3. The largest absolute Gasteiger partial charge is 0.493 e. The van der Waals surface area contributed by atoms with Gasteiger partial charge in [0, 0.05) is 45.3 Å². The molecular formula is C24H28N4O3S. The minimum Gasteiger partial charge on any atom is -0.493 e. The second-order valence-corrected chi connectivity index (χ2v) is 8.52. The van der Waals surface area contributed by atoms with Gasteiger partial charge in [0.25, 0.3) is 0 Å². The van der Waals surface area contributed by atoms with Crippen molar-refractivity contribution in [2.75, 3.05) is 58.4 Å². The first-order chi connectivity index (χ1) is 15.7. The second-order valence-electron chi connectivity index (χ2n) is 7.51. The smallest absolute Gasteiger partial charge is 0.244 e. The van der Waals surface area contributed by atoms with Gasteiger partial charge in [-0.05, 0) is 23.8 Å². The number of ether oxygens (including phenoxy) is 2. The normalized spacial score (nSPS) is 14.8. The summed E-state index contributed by atoms with van der Waals surface area (Å²) in [5.41, 5.74) is 1.87. The van der Waals surface area contributed by atoms with Crippen molar-refractivity contribution in [3.8, 4) is 11.5 Å². The molecule has 1 fully saturated rings. The highest BCUT2D eigenvalue weighted by atomic mass is 32.1. The Labute approximate surface area is 192 Å². The zero-order valence-corrected chi connectivity index (χ0v) is 19.2. The molecule has 0 bridgehead atoms. The molecule has 4 rings (SSSR count). The molecule has 1 amide bonds. The molecule has 3 aromatic rings. The van der Waals surface area contributed by atoms with E-state index in [0.717, 1.165) is 53.6 Å². The third kappa shape index (κ3) is 5.20. The Morgan fingerprint density at radius 3 is 2.59 bits per heavy atom. The standard InChI is InChI=1S/C24H28N4O3S/c1-30-19-9-10-20-22(23(19)31-2)26-24(32-20)28-16-14-27(15-17-28)13-12-25-21(29)11-8-18-6-4-3-5-7-18/h3-11H,12-17H2,1-2H3,(H,25,29)/b11-8+. The van der Waals surface area contributed by atoms with Crippen molar-refractivity contribution in [3.05, 3.63) is 54.1 Å². The van der Waals surface area contributed by atoms with E-state index in [4.69, 9.17) is 14.5 Å². The van der Waals surface area contributed by atoms with Crippen molar-refractivity contribution in [3.63, 3.8) is 0 Å². The van der Waals surface area contributed by atoms with E-state index in [1.165, 1.54) is 0 Å². The molecule has 1 N–H and O–H groups in total. The molecular weight excluding hydrogens is 424 g/mol. The maximum atomic E-state index is 12.0. The number of piperazine rings is 1. The van der Waals surface area contributed by atoms with Crippen LogP contribution in [0.5, 0.6) is 11.5 Å². The van der Waals surface area contributed by atoms with E-state index >= 15 is 0 Å². The van der Waals surface area contributed by atoms with Gasteiger partial charge >= 0.3 is 0 Å². The topological polar surface area (TPSA) is 66.9 Å². The third-order valence-electron chi connectivity index (χ3n) is 5.49. The molecule has 2 aromatic carbocycles. The first kappa shape index (κ1) is 22.1. The highest BCUT2D eigenvalue weighted by Crippen LogP contribution is 2.39. The molecule has 32 heavy (non-hydrogen) atoms. The average molecular weight is 453 g/mol. The van der Waals surface area contributed by atoms with Crippen LogP contribution >= 0.6 is 11.3 Å². The molecule has 8 heteroatoms. The molecule has 0 radical (unpaired) electrons. The number of fused-ring (bicyclic) bond motifs is 1. The van der Waals surface area contributed by atoms with Crippen LogP contribution in [0.15, 0.2) is 48.5 Å². The Morgan fingerprint density at radius 2 is 1.88 bits per heavy atom. The number of benzene rings is 2. The third-order valence-corrected chi connectivity index (χ3v) is 6.57. The summed E-state index contributed by atoms with van der Waals surface area (Å²) in [4.78, 5) is 21.5. The number of nitrogens with zero attached hydrogens (tertiary/aromatic N) is 3. The van der Waals surface area contributed by atoms with Gasteiger partial charge in [-0.25, -0.2) is 4.98 Å². The molecule has 1 aliphatic rings. The summed E-state index contributed by atoms with van der Waals surface area (Å²) in [6, 6.07) is 13.8. The van der Waals surface area contributed by atoms with E-state index in [-0.39, 0.29) is 5.91 Å². The number of rotatable bonds is 8. The molecule has 2 heterocycles. The maximum Gasteiger partial charge on any atom is 0.244 e. The SMILES string of the molecule is COc1ccc2sc(N3CCN(CCNC(=O)/C=C/c4ccccc4)CC3)nc2c1OC. The van der Waals surface area contributed by atoms with Crippen molar-refractivity contribution < 1.29 is 14.3 Å². The summed E-state index contributed by atoms with van der Waals surface area (Å²) < 4.78 is 12.0. The first-order valence-electron chi connectivity index (χ1n) is 10.7. The van der Waals surface area contributed by atoms with Crippen LogP contribution in [0, 0.1) is 0 Å². The van der Waals surface area contributed by atoms with E-state index in [1.807, 2.05) is 48.5 Å². The van der Waals surface area contributed by atoms with Crippen LogP contribution in [0.4, 0.5) is 5.13 Å². The Morgan fingerprint density at radius 1 is 1.09 bits per heavy atom. The lowest BCUT2D eigenvalue weighted by molar-refractivity contribution is -0.116. The number of carbonyl (C=O) groups excluding carboxylic acids is 1. The van der Waals surface area contributed by atoms with Gasteiger partial charge < -0.3 is 19.7 Å². The predicted octanol–water partition coefficient (Wildman–Crippen LogP) is 3.27. The fourth-order valence-corrected chi connectivity index (χ4v) is 4.74. The van der Waals surface area contributed by atoms with Gasteiger partial charge in [-0.3, -0.25) is 9.69 Å². The summed E-state index contributed by atoms with van der Waals surface area (Å²) in [6.07, 6.45) is 3.42. The number of hydrogen-bond donors (Lipinski definition) is 1. The summed E-state index contributed by atoms with van der Waals surface area (Å²) in [7, 11) is 3.28. The van der Waals surface area contributed by atoms with Crippen molar-refractivity contribution in [1.29, 1.82) is 0 Å². The quantitative estimate of drug-likeness (QED) is 0.529. The molecule has 0 aliphatic carbocycles. The number of hydrogen-bond acceptors (Lipinski definition) is 7. The number of nitrogens with one attached hydrogen (secondary N) is 1. The molecule has 0 atom stereocenters. The molecule has 0 unspecified atom stereocenters. The van der Waals surface area contributed by atoms with Gasteiger partial charge in [0.2, 0.25) is 5.91 Å². The van der Waals surface area contributed by atoms with Gasteiger partial charge in [-0.2, -0.15) is 0 Å². The fourth-order valence-electron chi connectivity index (χ4n) is 3.73. The van der Waals surface area contributed by atoms with Gasteiger partial charge in [0.15, 0.2) is 16.6 Å². The van der Waals surface area contributed by atoms with Gasteiger partial charge in [-0.1, -0.05) is 41.7 Å². The lowest BCUT2D eigenvalue weighted by Gasteiger charge is -2.34. The Bertz CT molecular complexity index is 1080. The fraction of sp³-hybridized carbons (Fsp3) is 0.333. The number of thiazole rings is 1. The van der Waals surface area contributed by atoms with Gasteiger partial charge in [0.1, 0.15) is 5.52 Å². The number of aromatic nitrogens is 1. The van der Waals surface area contributed by atoms with Crippen LogP contribution in [0.2, 0.25) is 0 Å². The molecule has 168 valence electrons. The van der Waals surface area contributed by atoms with Crippen LogP contribution in [0.1, 0.15) is 5.56 Å². The van der Waals surface area contributed by atoms with Crippen molar-refractivity contribution >= 4 is 38.7 Å². The highest BCUT2D eigenvalue weighted by Gasteiger charge is 2.21. The maximum absolute atomic E-state index is 12.0. The van der Waals surface area contributed by atoms with E-state index in [2.05, 4.69) is 15.1 Å². The van der Waals surface area contributed by atoms with Gasteiger partial charge in [-0.15, -0.1) is 0 Å². The highest BCUT2D eigenvalue weighted by molar-refractivity contribution is 7.22. The number of methoxy groups -OCH3 is 2. The van der Waals surface area contributed by atoms with Crippen molar-refractivity contribution in [2.24, 2.45) is 0 Å². The van der Waals surface area contributed by atoms with E-state index in [1.54, 1.807) is 31.6 Å². The van der Waals surface area contributed by atoms with E-state index in [0.29, 0.717) is 18.0 Å². The van der Waals surface area contributed by atoms with Crippen LogP contribution < -0.4 is 19.7 Å². The van der Waals surface area contributed by atoms with Crippen LogP contribution in [0.3, 0.4) is 0 Å². The molecule has 7 nitrogen and oxygen atoms in total. The predicted molar refractivity (Wildman–Crippen MR) is 130 cm³/mol. The number of anilines is 1. The van der Waals surface area contributed by atoms with Crippen LogP contribution in [-0.4, -0.2) is 69.3 Å². The summed E-state index contributed by atoms with van der Waals surface area (Å²) in [6.45, 7) is 5.15. The summed E-state index contributed by atoms with van der Waals surface area (Å²) >= 11 is 1.68. The lowest BCUT2D eigenvalue weighted by Crippen LogP contribution is -2.48. The van der Waals surface area contributed by atoms with E-state index < -0.39 is 0 Å². The van der Waals surface area contributed by atoms with Gasteiger partial charge in [0.05, 0.1) is 18.9 Å². The number of carbonyl (C=O) groups is 1. The molecule has 1 saturated heterocycles. The molecule has 1 aromatic heterocycles. The van der Waals surface area contributed by atoms with Crippen LogP contribution in [0.25, 0.3) is 16.3 Å². The molecule has 0 saturated carbocycles. The first-order valence-corrected chi connectivity index (χ1v) is 11.5. The number of amides is 1.